The van der Waals surface area contributed by atoms with Crippen LogP contribution in [0.5, 0.6) is 5.75 Å². The highest BCUT2D eigenvalue weighted by Crippen LogP contribution is 2.20. The van der Waals surface area contributed by atoms with Crippen LogP contribution in [0.15, 0.2) is 53.5 Å². The number of rotatable bonds is 9. The molecule has 2 N–H and O–H groups in total. The Balaban J connectivity index is 0.00000363. The topological polar surface area (TPSA) is 64.1 Å². The van der Waals surface area contributed by atoms with Crippen LogP contribution in [0.1, 0.15) is 29.5 Å². The van der Waals surface area contributed by atoms with Crippen LogP contribution in [0.25, 0.3) is 0 Å². The van der Waals surface area contributed by atoms with Gasteiger partial charge in [-0.25, -0.2) is 0 Å². The van der Waals surface area contributed by atoms with Gasteiger partial charge in [-0.05, 0) is 30.0 Å². The molecule has 0 atom stereocenters. The number of hydrogen-bond acceptors (Lipinski definition) is 4. The second-order valence-corrected chi connectivity index (χ2v) is 7.21. The maximum absolute atomic E-state index is 12.6. The number of para-hydroxylation sites is 1. The van der Waals surface area contributed by atoms with Crippen LogP contribution in [-0.4, -0.2) is 38.9 Å². The van der Waals surface area contributed by atoms with E-state index in [0.717, 1.165) is 37.2 Å². The van der Waals surface area contributed by atoms with Gasteiger partial charge in [0, 0.05) is 38.9 Å². The van der Waals surface area contributed by atoms with Gasteiger partial charge in [-0.1, -0.05) is 42.5 Å². The Morgan fingerprint density at radius 1 is 1.06 bits per heavy atom. The molecular formula is C23H30F2IN3O3. The lowest BCUT2D eigenvalue weighted by Gasteiger charge is -2.22. The molecule has 2 aromatic carbocycles. The molecule has 6 nitrogen and oxygen atoms in total. The predicted octanol–water partition coefficient (Wildman–Crippen LogP) is 4.47. The van der Waals surface area contributed by atoms with Gasteiger partial charge in [0.05, 0.1) is 12.7 Å². The van der Waals surface area contributed by atoms with E-state index in [1.54, 1.807) is 25.2 Å². The van der Waals surface area contributed by atoms with Crippen LogP contribution in [0.3, 0.4) is 0 Å². The zero-order valence-electron chi connectivity index (χ0n) is 18.1. The minimum absolute atomic E-state index is 0. The molecule has 0 radical (unpaired) electrons. The first-order valence-electron chi connectivity index (χ1n) is 10.4. The Kier molecular flexibility index (Phi) is 11.7. The minimum atomic E-state index is -2.86. The number of benzene rings is 2. The third-order valence-electron chi connectivity index (χ3n) is 4.96. The van der Waals surface area contributed by atoms with E-state index < -0.39 is 6.61 Å². The van der Waals surface area contributed by atoms with Crippen molar-refractivity contribution in [1.29, 1.82) is 0 Å². The molecule has 176 valence electrons. The summed E-state index contributed by atoms with van der Waals surface area (Å²) >= 11 is 0. The lowest BCUT2D eigenvalue weighted by molar-refractivity contribution is -0.0504. The van der Waals surface area contributed by atoms with Gasteiger partial charge in [-0.15, -0.1) is 24.0 Å². The Morgan fingerprint density at radius 3 is 2.53 bits per heavy atom. The van der Waals surface area contributed by atoms with Crippen molar-refractivity contribution in [3.8, 4) is 5.75 Å². The van der Waals surface area contributed by atoms with Crippen molar-refractivity contribution >= 4 is 29.9 Å². The molecule has 1 fully saturated rings. The van der Waals surface area contributed by atoms with Crippen molar-refractivity contribution in [2.24, 2.45) is 4.99 Å². The zero-order valence-corrected chi connectivity index (χ0v) is 20.4. The van der Waals surface area contributed by atoms with Crippen molar-refractivity contribution in [1.82, 2.24) is 10.6 Å². The van der Waals surface area contributed by atoms with E-state index in [4.69, 9.17) is 9.47 Å². The van der Waals surface area contributed by atoms with E-state index in [0.29, 0.717) is 31.2 Å². The third-order valence-corrected chi connectivity index (χ3v) is 4.96. The quantitative estimate of drug-likeness (QED) is 0.269. The van der Waals surface area contributed by atoms with Gasteiger partial charge in [0.25, 0.3) is 0 Å². The second kappa shape index (κ2) is 14.2. The van der Waals surface area contributed by atoms with Crippen molar-refractivity contribution in [3.05, 3.63) is 65.2 Å². The smallest absolute Gasteiger partial charge is 0.387 e. The molecular weight excluding hydrogens is 531 g/mol. The van der Waals surface area contributed by atoms with Crippen molar-refractivity contribution in [2.45, 2.75) is 45.3 Å². The predicted molar refractivity (Wildman–Crippen MR) is 131 cm³/mol. The number of alkyl halides is 2. The van der Waals surface area contributed by atoms with E-state index >= 15 is 0 Å². The van der Waals surface area contributed by atoms with Gasteiger partial charge in [0.1, 0.15) is 5.75 Å². The fraction of sp³-hybridized carbons (Fsp3) is 0.435. The molecule has 1 heterocycles. The van der Waals surface area contributed by atoms with E-state index in [1.807, 2.05) is 12.1 Å². The van der Waals surface area contributed by atoms with E-state index in [9.17, 15) is 8.78 Å². The summed E-state index contributed by atoms with van der Waals surface area (Å²) < 4.78 is 41.1. The van der Waals surface area contributed by atoms with E-state index in [2.05, 4.69) is 32.5 Å². The Bertz CT molecular complexity index is 849. The molecule has 9 heteroatoms. The Labute approximate surface area is 204 Å². The summed E-state index contributed by atoms with van der Waals surface area (Å²) in [5.41, 5.74) is 2.84. The van der Waals surface area contributed by atoms with Gasteiger partial charge in [-0.3, -0.25) is 4.99 Å². The van der Waals surface area contributed by atoms with Crippen molar-refractivity contribution < 1.29 is 23.0 Å². The highest BCUT2D eigenvalue weighted by molar-refractivity contribution is 14.0. The lowest BCUT2D eigenvalue weighted by atomic mass is 10.1. The largest absolute Gasteiger partial charge is 0.434 e. The number of nitrogens with zero attached hydrogens (tertiary/aromatic N) is 1. The van der Waals surface area contributed by atoms with Gasteiger partial charge in [0.2, 0.25) is 0 Å². The van der Waals surface area contributed by atoms with Crippen LogP contribution in [0.4, 0.5) is 8.78 Å². The van der Waals surface area contributed by atoms with Crippen LogP contribution in [0.2, 0.25) is 0 Å². The third kappa shape index (κ3) is 8.87. The summed E-state index contributed by atoms with van der Waals surface area (Å²) in [6.07, 6.45) is 2.14. The number of hydrogen-bond donors (Lipinski definition) is 2. The van der Waals surface area contributed by atoms with Gasteiger partial charge < -0.3 is 24.8 Å². The monoisotopic (exact) mass is 561 g/mol. The SMILES string of the molecule is CN=C(NCc1cccc(COC2CCOCC2)c1)NCc1ccccc1OC(F)F.I. The summed E-state index contributed by atoms with van der Waals surface area (Å²) in [7, 11) is 1.66. The molecule has 0 aliphatic carbocycles. The molecule has 1 aliphatic heterocycles. The molecule has 32 heavy (non-hydrogen) atoms. The van der Waals surface area contributed by atoms with E-state index in [1.165, 1.54) is 6.07 Å². The van der Waals surface area contributed by atoms with Crippen LogP contribution >= 0.6 is 24.0 Å². The first-order chi connectivity index (χ1) is 15.1. The number of halogens is 3. The molecule has 0 saturated carbocycles. The average molecular weight is 561 g/mol. The normalized spacial score (nSPS) is 14.7. The zero-order chi connectivity index (χ0) is 21.9. The summed E-state index contributed by atoms with van der Waals surface area (Å²) in [4.78, 5) is 4.20. The Hall–Kier alpha value is -1.98. The number of ether oxygens (including phenoxy) is 3. The maximum Gasteiger partial charge on any atom is 0.387 e. The highest BCUT2D eigenvalue weighted by atomic mass is 127. The molecule has 3 rings (SSSR count). The second-order valence-electron chi connectivity index (χ2n) is 7.21. The van der Waals surface area contributed by atoms with Gasteiger partial charge in [-0.2, -0.15) is 8.78 Å². The van der Waals surface area contributed by atoms with Crippen molar-refractivity contribution in [2.75, 3.05) is 20.3 Å². The number of guanidine groups is 1. The molecule has 1 saturated heterocycles. The molecule has 0 aromatic heterocycles. The first kappa shape index (κ1) is 26.3. The fourth-order valence-corrected chi connectivity index (χ4v) is 3.33. The fourth-order valence-electron chi connectivity index (χ4n) is 3.33. The molecule has 0 amide bonds. The first-order valence-corrected chi connectivity index (χ1v) is 10.4. The maximum atomic E-state index is 12.6. The Morgan fingerprint density at radius 2 is 1.78 bits per heavy atom. The highest BCUT2D eigenvalue weighted by Gasteiger charge is 2.14. The van der Waals surface area contributed by atoms with Crippen LogP contribution < -0.4 is 15.4 Å². The lowest BCUT2D eigenvalue weighted by Crippen LogP contribution is -2.36. The molecule has 2 aromatic rings. The molecule has 0 spiro atoms. The summed E-state index contributed by atoms with van der Waals surface area (Å²) in [6, 6.07) is 14.9. The van der Waals surface area contributed by atoms with Gasteiger partial charge in [0.15, 0.2) is 5.96 Å². The van der Waals surface area contributed by atoms with E-state index in [-0.39, 0.29) is 35.8 Å². The van der Waals surface area contributed by atoms with Crippen LogP contribution in [0, 0.1) is 0 Å². The summed E-state index contributed by atoms with van der Waals surface area (Å²) in [6.45, 7) is 0.119. The molecule has 0 unspecified atom stereocenters. The molecule has 1 aliphatic rings. The molecule has 0 bridgehead atoms. The minimum Gasteiger partial charge on any atom is -0.434 e. The van der Waals surface area contributed by atoms with Crippen molar-refractivity contribution in [3.63, 3.8) is 0 Å². The van der Waals surface area contributed by atoms with Crippen LogP contribution in [-0.2, 0) is 29.2 Å². The number of nitrogens with one attached hydrogen (secondary N) is 2. The van der Waals surface area contributed by atoms with Gasteiger partial charge >= 0.3 is 6.61 Å². The standard InChI is InChI=1S/C23H29F2N3O3.HI/c1-26-23(28-15-19-7-2-3-8-21(19)31-22(24)25)27-14-17-5-4-6-18(13-17)16-30-20-9-11-29-12-10-20;/h2-8,13,20,22H,9-12,14-16H2,1H3,(H2,26,27,28);1H. The summed E-state index contributed by atoms with van der Waals surface area (Å²) in [5.74, 6) is 0.716. The number of aliphatic imine (C=N–C) groups is 1. The average Bonchev–Trinajstić information content (AvgIpc) is 2.79. The summed E-state index contributed by atoms with van der Waals surface area (Å²) in [5, 5.41) is 6.37.